The molecule has 0 aliphatic heterocycles. The summed E-state index contributed by atoms with van der Waals surface area (Å²) in [5, 5.41) is 3.24. The molecule has 2 N–H and O–H groups in total. The number of imide groups is 1. The maximum Gasteiger partial charge on any atom is 0.405 e. The van der Waals surface area contributed by atoms with Gasteiger partial charge in [-0.15, -0.1) is 0 Å². The SMILES string of the molecule is CC(c1ccc(F)c(F)c1)N(C)CC(=O)NC(=O)NCC(F)(F)F. The van der Waals surface area contributed by atoms with Gasteiger partial charge in [0.2, 0.25) is 5.91 Å². The molecule has 1 aromatic rings. The molecule has 1 atom stereocenters. The first-order valence-corrected chi connectivity index (χ1v) is 6.79. The van der Waals surface area contributed by atoms with Gasteiger partial charge in [0.25, 0.3) is 0 Å². The van der Waals surface area contributed by atoms with Crippen molar-refractivity contribution in [2.75, 3.05) is 20.1 Å². The standard InChI is InChI=1S/C14H16F5N3O2/c1-8(9-3-4-10(15)11(16)5-9)22(2)6-12(23)21-13(24)20-7-14(17,18)19/h3-5,8H,6-7H2,1-2H3,(H2,20,21,23,24). The van der Waals surface area contributed by atoms with Crippen LogP contribution in [0.25, 0.3) is 0 Å². The summed E-state index contributed by atoms with van der Waals surface area (Å²) < 4.78 is 61.9. The summed E-state index contributed by atoms with van der Waals surface area (Å²) in [5.41, 5.74) is 0.394. The summed E-state index contributed by atoms with van der Waals surface area (Å²) in [6.07, 6.45) is -4.58. The molecule has 134 valence electrons. The molecular weight excluding hydrogens is 337 g/mol. The normalized spacial score (nSPS) is 12.8. The number of carbonyl (C=O) groups is 2. The lowest BCUT2D eigenvalue weighted by atomic mass is 10.1. The number of halogens is 5. The van der Waals surface area contributed by atoms with Gasteiger partial charge in [0.05, 0.1) is 6.54 Å². The molecule has 0 fully saturated rings. The molecule has 0 radical (unpaired) electrons. The Morgan fingerprint density at radius 1 is 1.21 bits per heavy atom. The lowest BCUT2D eigenvalue weighted by molar-refractivity contribution is -0.125. The average molecular weight is 353 g/mol. The molecule has 0 aromatic heterocycles. The summed E-state index contributed by atoms with van der Waals surface area (Å²) in [6, 6.07) is 1.49. The Labute approximate surface area is 134 Å². The van der Waals surface area contributed by atoms with Crippen LogP contribution in [0, 0.1) is 11.6 Å². The lowest BCUT2D eigenvalue weighted by Crippen LogP contribution is -2.46. The van der Waals surface area contributed by atoms with Crippen molar-refractivity contribution in [3.05, 3.63) is 35.4 Å². The van der Waals surface area contributed by atoms with Crippen molar-refractivity contribution < 1.29 is 31.5 Å². The van der Waals surface area contributed by atoms with E-state index in [0.717, 1.165) is 12.1 Å². The number of carbonyl (C=O) groups excluding carboxylic acids is 2. The van der Waals surface area contributed by atoms with Crippen LogP contribution in [0.5, 0.6) is 0 Å². The molecule has 1 rings (SSSR count). The van der Waals surface area contributed by atoms with Crippen molar-refractivity contribution in [1.82, 2.24) is 15.5 Å². The molecule has 1 aromatic carbocycles. The van der Waals surface area contributed by atoms with Gasteiger partial charge in [-0.05, 0) is 31.7 Å². The van der Waals surface area contributed by atoms with E-state index in [4.69, 9.17) is 0 Å². The highest BCUT2D eigenvalue weighted by atomic mass is 19.4. The third kappa shape index (κ3) is 6.49. The van der Waals surface area contributed by atoms with Crippen LogP contribution in [0.1, 0.15) is 18.5 Å². The van der Waals surface area contributed by atoms with Crippen molar-refractivity contribution in [1.29, 1.82) is 0 Å². The van der Waals surface area contributed by atoms with Crippen LogP contribution in [0.4, 0.5) is 26.7 Å². The number of hydrogen-bond acceptors (Lipinski definition) is 3. The van der Waals surface area contributed by atoms with Crippen molar-refractivity contribution in [2.45, 2.75) is 19.1 Å². The smallest absolute Gasteiger partial charge is 0.329 e. The van der Waals surface area contributed by atoms with Gasteiger partial charge in [0.15, 0.2) is 11.6 Å². The van der Waals surface area contributed by atoms with E-state index in [1.807, 2.05) is 0 Å². The number of hydrogen-bond donors (Lipinski definition) is 2. The second kappa shape index (κ2) is 8.04. The maximum absolute atomic E-state index is 13.2. The van der Waals surface area contributed by atoms with E-state index in [2.05, 4.69) is 0 Å². The first-order valence-electron chi connectivity index (χ1n) is 6.79. The van der Waals surface area contributed by atoms with Gasteiger partial charge in [0, 0.05) is 6.04 Å². The van der Waals surface area contributed by atoms with Crippen LogP contribution in [-0.4, -0.2) is 43.2 Å². The Bertz CT molecular complexity index is 607. The van der Waals surface area contributed by atoms with Crippen molar-refractivity contribution in [2.24, 2.45) is 0 Å². The van der Waals surface area contributed by atoms with Crippen LogP contribution in [-0.2, 0) is 4.79 Å². The van der Waals surface area contributed by atoms with Gasteiger partial charge in [0.1, 0.15) is 6.54 Å². The van der Waals surface area contributed by atoms with Crippen molar-refractivity contribution in [3.8, 4) is 0 Å². The van der Waals surface area contributed by atoms with Crippen molar-refractivity contribution in [3.63, 3.8) is 0 Å². The molecule has 0 aliphatic carbocycles. The molecule has 0 saturated carbocycles. The number of amides is 3. The van der Waals surface area contributed by atoms with Gasteiger partial charge in [-0.1, -0.05) is 6.07 Å². The number of likely N-dealkylation sites (N-methyl/N-ethyl adjacent to an activating group) is 1. The molecule has 10 heteroatoms. The van der Waals surface area contributed by atoms with E-state index in [1.165, 1.54) is 23.3 Å². The fraction of sp³-hybridized carbons (Fsp3) is 0.429. The molecule has 0 aliphatic rings. The van der Waals surface area contributed by atoms with Gasteiger partial charge in [-0.25, -0.2) is 13.6 Å². The Kier molecular flexibility index (Phi) is 6.64. The second-order valence-electron chi connectivity index (χ2n) is 5.11. The molecule has 0 saturated heterocycles. The number of rotatable bonds is 5. The van der Waals surface area contributed by atoms with Crippen LogP contribution in [0.3, 0.4) is 0 Å². The summed E-state index contributed by atoms with van der Waals surface area (Å²) in [7, 11) is 1.49. The quantitative estimate of drug-likeness (QED) is 0.799. The first-order chi connectivity index (χ1) is 11.0. The summed E-state index contributed by atoms with van der Waals surface area (Å²) in [4.78, 5) is 24.2. The monoisotopic (exact) mass is 353 g/mol. The van der Waals surface area contributed by atoms with Gasteiger partial charge in [-0.2, -0.15) is 13.2 Å². The van der Waals surface area contributed by atoms with Gasteiger partial charge < -0.3 is 5.32 Å². The molecule has 0 bridgehead atoms. The predicted molar refractivity (Wildman–Crippen MR) is 75.0 cm³/mol. The molecule has 1 unspecified atom stereocenters. The minimum atomic E-state index is -4.58. The Morgan fingerprint density at radius 3 is 2.38 bits per heavy atom. The zero-order chi connectivity index (χ0) is 18.5. The van der Waals surface area contributed by atoms with E-state index in [-0.39, 0.29) is 6.54 Å². The molecule has 0 heterocycles. The van der Waals surface area contributed by atoms with Gasteiger partial charge in [-0.3, -0.25) is 15.0 Å². The summed E-state index contributed by atoms with van der Waals surface area (Å²) >= 11 is 0. The molecular formula is C14H16F5N3O2. The summed E-state index contributed by atoms with van der Waals surface area (Å²) in [5.74, 6) is -2.89. The van der Waals surface area contributed by atoms with Gasteiger partial charge >= 0.3 is 12.2 Å². The van der Waals surface area contributed by atoms with E-state index in [9.17, 15) is 31.5 Å². The van der Waals surface area contributed by atoms with E-state index in [0.29, 0.717) is 5.56 Å². The minimum Gasteiger partial charge on any atom is -0.329 e. The Balaban J connectivity index is 2.53. The maximum atomic E-state index is 13.2. The molecule has 0 spiro atoms. The number of nitrogens with one attached hydrogen (secondary N) is 2. The van der Waals surface area contributed by atoms with E-state index in [1.54, 1.807) is 12.2 Å². The zero-order valence-electron chi connectivity index (χ0n) is 12.9. The lowest BCUT2D eigenvalue weighted by Gasteiger charge is -2.24. The average Bonchev–Trinajstić information content (AvgIpc) is 2.46. The van der Waals surface area contributed by atoms with Crippen LogP contribution in [0.2, 0.25) is 0 Å². The van der Waals surface area contributed by atoms with Crippen molar-refractivity contribution >= 4 is 11.9 Å². The largest absolute Gasteiger partial charge is 0.405 e. The topological polar surface area (TPSA) is 61.4 Å². The third-order valence-corrected chi connectivity index (χ3v) is 3.18. The highest BCUT2D eigenvalue weighted by molar-refractivity contribution is 5.95. The molecule has 3 amide bonds. The Morgan fingerprint density at radius 2 is 1.83 bits per heavy atom. The summed E-state index contributed by atoms with van der Waals surface area (Å²) in [6.45, 7) is -0.281. The molecule has 24 heavy (non-hydrogen) atoms. The van der Waals surface area contributed by atoms with Crippen LogP contribution < -0.4 is 10.6 Å². The van der Waals surface area contributed by atoms with E-state index < -0.39 is 42.3 Å². The van der Waals surface area contributed by atoms with Crippen LogP contribution in [0.15, 0.2) is 18.2 Å². The predicted octanol–water partition coefficient (Wildman–Crippen LogP) is 2.35. The Hall–Kier alpha value is -2.23. The minimum absolute atomic E-state index is 0.334. The zero-order valence-corrected chi connectivity index (χ0v) is 12.9. The highest BCUT2D eigenvalue weighted by Crippen LogP contribution is 2.20. The first kappa shape index (κ1) is 19.8. The van der Waals surface area contributed by atoms with E-state index >= 15 is 0 Å². The number of alkyl halides is 3. The number of nitrogens with zero attached hydrogens (tertiary/aromatic N) is 1. The fourth-order valence-corrected chi connectivity index (χ4v) is 1.78. The third-order valence-electron chi connectivity index (χ3n) is 3.18. The second-order valence-corrected chi connectivity index (χ2v) is 5.11. The number of urea groups is 1. The number of benzene rings is 1. The highest BCUT2D eigenvalue weighted by Gasteiger charge is 2.28. The molecule has 5 nitrogen and oxygen atoms in total. The fourth-order valence-electron chi connectivity index (χ4n) is 1.78. The van der Waals surface area contributed by atoms with Crippen LogP contribution >= 0.6 is 0 Å².